The Bertz CT molecular complexity index is 6740. The molecule has 4 saturated carbocycles. The molecule has 0 aliphatic heterocycles. The first-order valence-electron chi connectivity index (χ1n) is 41.8. The number of halogens is 12. The number of alkyl halides is 8. The fraction of sp³-hybridized carbons (Fsp3) is 0.429. The number of aliphatic carboxylic acids is 1. The average Bonchev–Trinajstić information content (AvgIpc) is 0.733. The number of hydrogen-bond donors (Lipinski definition) is 2. The molecule has 16 rings (SSSR count). The largest absolute Gasteiger partial charge is 1.00 e. The molecule has 4 fully saturated rings. The maximum absolute atomic E-state index is 13.4. The number of esters is 2. The van der Waals surface area contributed by atoms with E-state index < -0.39 is 48.1 Å². The summed E-state index contributed by atoms with van der Waals surface area (Å²) in [5, 5.41) is 17.2. The summed E-state index contributed by atoms with van der Waals surface area (Å²) < 4.78 is 122. The standard InChI is InChI=1S/C24H27ClF2N4O3.C23H25ClF2N4O3.C22H23ClF2N4O3.C22H22ClF2N4O2.3Na.3H2O/c1-5-34-19(32)13-31-20-15(6-8-17(25)21(20)29(2)3)22(33)16-7-9-18(28-23(16)31)30(4)12-14-10-24(26,27)11-14;1-4-33-18(31)12-30-19-14(5-7-16(24)20(19)29(2)3)21(32)15-6-8-17(28-22(15)30)27-11-13-9-23(25,26)10-13;1-27(2)19-15(23)6-4-13-18(19)29(11-17(30)31)21-14(20(13)32)5-7-16(26-21)28(3)10-12-8-22(24,25)9-12;1-27(2)19-16(23)6-4-14-18(19)29(8-9-30)21-15(20(14)31)5-7-17(26-21)28(3)12-13-10-22(24,25)11-13;;;;;;/h6-9,14H,5,10-13H2,1-4H3;5-8,13H,4,9-12H2,1-3H3,(H,27,28);4-7,12H,8-11H2,1-3H3,(H,30,31);4-7,13H,8,10-12H2,1-3H3;;;;3*1H2/q;;;-1;3*+1;;;/p-3. The maximum Gasteiger partial charge on any atom is 1.00 e. The molecule has 45 heteroatoms. The number of carboxylic acids is 1. The van der Waals surface area contributed by atoms with Crippen LogP contribution in [0.4, 0.5) is 81.1 Å². The summed E-state index contributed by atoms with van der Waals surface area (Å²) >= 11 is 25.8. The number of nitrogens with one attached hydrogen (secondary N) is 1. The van der Waals surface area contributed by atoms with Crippen molar-refractivity contribution >= 4 is 204 Å². The molecule has 0 atom stereocenters. The van der Waals surface area contributed by atoms with Gasteiger partial charge in [-0.1, -0.05) is 52.9 Å². The van der Waals surface area contributed by atoms with Crippen molar-refractivity contribution in [1.29, 1.82) is 0 Å². The molecule has 30 nitrogen and oxygen atoms in total. The van der Waals surface area contributed by atoms with E-state index in [1.54, 1.807) is 236 Å². The first-order chi connectivity index (χ1) is 61.2. The van der Waals surface area contributed by atoms with Crippen LogP contribution in [0.5, 0.6) is 0 Å². The van der Waals surface area contributed by atoms with Crippen molar-refractivity contribution in [3.8, 4) is 0 Å². The van der Waals surface area contributed by atoms with Crippen LogP contribution < -0.4 is 150 Å². The smallest absolute Gasteiger partial charge is 0.870 e. The van der Waals surface area contributed by atoms with Crippen LogP contribution in [0.1, 0.15) is 65.2 Å². The van der Waals surface area contributed by atoms with Gasteiger partial charge in [0.2, 0.25) is 23.7 Å². The number of carboxylic acid groups (broad SMARTS) is 1. The SMILES string of the molecule is CCOC(=O)Cn1c2nc(N(C)CC3CC(F)(F)C3)ccc2c(=O)c2ccc(Cl)c(N(C)C)c21.CCOC(=O)Cn1c2nc(NCC3CC(F)(F)C3)ccc2c(=O)c2ccc(Cl)c(N(C)C)c21.CN(C)c1c(Cl)ccc2c(=O)c3ccc(N(C)CC4CC(F)(F)C4)nc3n(CC(=O)O)c12.CN(C)c1c(Cl)ccc2c(=O)c3ccc(N(C)CC4CC(F)(F)C4)nc3n(C[C-]=O)c12.[Na+].[Na+].[Na+].[OH-].[OH-].[OH-]. The second-order valence-corrected chi connectivity index (χ2v) is 35.9. The number of ether oxygens (including phenoxy) is 2. The van der Waals surface area contributed by atoms with Crippen LogP contribution in [0.15, 0.2) is 116 Å². The molecule has 0 radical (unpaired) electrons. The predicted octanol–water partition coefficient (Wildman–Crippen LogP) is 6.78. The summed E-state index contributed by atoms with van der Waals surface area (Å²) in [6.45, 7) is 4.53. The number of carbonyl (C=O) groups excluding carboxylic acids is 3. The first kappa shape index (κ1) is 114. The number of rotatable bonds is 26. The summed E-state index contributed by atoms with van der Waals surface area (Å²) in [5.74, 6) is -11.0. The van der Waals surface area contributed by atoms with E-state index >= 15 is 0 Å². The molecule has 4 aliphatic carbocycles. The molecular weight excluding hydrogens is 1900 g/mol. The van der Waals surface area contributed by atoms with E-state index in [1.807, 2.05) is 6.29 Å². The third kappa shape index (κ3) is 24.5. The van der Waals surface area contributed by atoms with Gasteiger partial charge in [-0.15, -0.1) is 0 Å². The van der Waals surface area contributed by atoms with Crippen molar-refractivity contribution in [1.82, 2.24) is 38.2 Å². The van der Waals surface area contributed by atoms with Crippen LogP contribution in [-0.2, 0) is 54.8 Å². The zero-order valence-electron chi connectivity index (χ0n) is 77.9. The minimum Gasteiger partial charge on any atom is -0.870 e. The first-order valence-corrected chi connectivity index (χ1v) is 43.3. The molecule has 8 aromatic heterocycles. The molecule has 0 spiro atoms. The Hall–Kier alpha value is -8.68. The Morgan fingerprint density at radius 1 is 0.397 bits per heavy atom. The summed E-state index contributed by atoms with van der Waals surface area (Å²) in [7, 11) is 19.6. The second-order valence-electron chi connectivity index (χ2n) is 34.3. The van der Waals surface area contributed by atoms with Crippen LogP contribution in [0, 0.1) is 23.7 Å². The molecule has 5 N–H and O–H groups in total. The van der Waals surface area contributed by atoms with Crippen molar-refractivity contribution in [2.24, 2.45) is 23.7 Å². The summed E-state index contributed by atoms with van der Waals surface area (Å²) in [5.41, 5.74) is 4.28. The Morgan fingerprint density at radius 2 is 0.647 bits per heavy atom. The number of benzene rings is 4. The van der Waals surface area contributed by atoms with Gasteiger partial charge in [0, 0.05) is 177 Å². The van der Waals surface area contributed by atoms with Crippen LogP contribution >= 0.6 is 46.4 Å². The molecule has 0 bridgehead atoms. The van der Waals surface area contributed by atoms with E-state index in [0.717, 1.165) is 0 Å². The Balaban J connectivity index is 0.000000244. The number of carbonyl (C=O) groups is 3. The van der Waals surface area contributed by atoms with Crippen molar-refractivity contribution in [2.45, 2.75) is 115 Å². The summed E-state index contributed by atoms with van der Waals surface area (Å²) in [6.07, 6.45) is 0.698. The average molecular weight is 2000 g/mol. The second kappa shape index (κ2) is 46.2. The quantitative estimate of drug-likeness (QED) is 0.0185. The van der Waals surface area contributed by atoms with E-state index in [-0.39, 0.29) is 251 Å². The van der Waals surface area contributed by atoms with Gasteiger partial charge in [0.15, 0.2) is 21.7 Å². The molecule has 12 aromatic rings. The fourth-order valence-electron chi connectivity index (χ4n) is 17.6. The van der Waals surface area contributed by atoms with Crippen LogP contribution in [0.3, 0.4) is 0 Å². The van der Waals surface area contributed by atoms with Crippen molar-refractivity contribution in [3.05, 3.63) is 158 Å². The third-order valence-electron chi connectivity index (χ3n) is 23.5. The number of anilines is 8. The monoisotopic (exact) mass is 2000 g/mol. The van der Waals surface area contributed by atoms with Gasteiger partial charge in [0.25, 0.3) is 0 Å². The van der Waals surface area contributed by atoms with Crippen LogP contribution in [0.2, 0.25) is 20.1 Å². The predicted molar refractivity (Wildman–Crippen MR) is 503 cm³/mol. The number of hydrogen-bond acceptors (Lipinski definition) is 25. The van der Waals surface area contributed by atoms with E-state index in [4.69, 9.17) is 60.9 Å². The van der Waals surface area contributed by atoms with E-state index in [2.05, 4.69) is 20.3 Å². The molecule has 4 aliphatic rings. The van der Waals surface area contributed by atoms with E-state index in [0.29, 0.717) is 163 Å². The Labute approximate surface area is 862 Å². The van der Waals surface area contributed by atoms with Crippen molar-refractivity contribution in [3.63, 3.8) is 0 Å². The van der Waals surface area contributed by atoms with Gasteiger partial charge < -0.3 is 93.7 Å². The van der Waals surface area contributed by atoms with Gasteiger partial charge in [0.05, 0.1) is 99.7 Å². The maximum atomic E-state index is 13.4. The molecule has 136 heavy (non-hydrogen) atoms. The zero-order valence-corrected chi connectivity index (χ0v) is 86.9. The molecule has 716 valence electrons. The minimum absolute atomic E-state index is 0. The number of aromatic nitrogens is 8. The molecule has 4 aromatic carbocycles. The van der Waals surface area contributed by atoms with Gasteiger partial charge in [0.1, 0.15) is 65.5 Å². The van der Waals surface area contributed by atoms with Crippen molar-refractivity contribution < 1.29 is 174 Å². The number of fused-ring (bicyclic) bond motifs is 8. The minimum atomic E-state index is -2.61. The molecule has 0 saturated heterocycles. The Morgan fingerprint density at radius 3 is 0.912 bits per heavy atom. The Kier molecular flexibility index (Phi) is 38.8. The normalized spacial score (nSPS) is 14.9. The summed E-state index contributed by atoms with van der Waals surface area (Å²) in [6, 6.07) is 26.3. The number of nitrogens with zero attached hydrogens (tertiary/aromatic N) is 15. The van der Waals surface area contributed by atoms with Crippen molar-refractivity contribution in [2.75, 3.05) is 157 Å². The van der Waals surface area contributed by atoms with Gasteiger partial charge in [-0.05, 0) is 135 Å². The van der Waals surface area contributed by atoms with E-state index in [1.165, 1.54) is 4.57 Å². The zero-order chi connectivity index (χ0) is 94.6. The molecule has 8 heterocycles. The van der Waals surface area contributed by atoms with Gasteiger partial charge in [-0.2, -0.15) is 0 Å². The summed E-state index contributed by atoms with van der Waals surface area (Å²) in [4.78, 5) is 132. The molecule has 0 unspecified atom stereocenters. The molecular formula is C91H100Cl4F8N16Na3O14-. The van der Waals surface area contributed by atoms with Crippen LogP contribution in [0.25, 0.3) is 87.7 Å². The number of pyridine rings is 8. The topological polar surface area (TPSA) is 371 Å². The van der Waals surface area contributed by atoms with Crippen LogP contribution in [-0.4, -0.2) is 225 Å². The van der Waals surface area contributed by atoms with Gasteiger partial charge in [-0.3, -0.25) is 33.6 Å². The van der Waals surface area contributed by atoms with Gasteiger partial charge in [-0.25, -0.2) is 61.3 Å². The fourth-order valence-corrected chi connectivity index (χ4v) is 18.9. The van der Waals surface area contributed by atoms with Gasteiger partial charge >= 0.3 is 107 Å². The third-order valence-corrected chi connectivity index (χ3v) is 24.7. The van der Waals surface area contributed by atoms with E-state index in [9.17, 15) is 78.6 Å². The molecule has 0 amide bonds.